The minimum Gasteiger partial charge on any atom is -0.330 e. The van der Waals surface area contributed by atoms with Crippen molar-refractivity contribution in [2.75, 3.05) is 44.3 Å². The number of halogens is 5. The minimum absolute atomic E-state index is 0.0289. The van der Waals surface area contributed by atoms with Crippen LogP contribution >= 0.6 is 22.8 Å². The van der Waals surface area contributed by atoms with E-state index in [9.17, 15) is 52.5 Å². The lowest BCUT2D eigenvalue weighted by atomic mass is 10.3. The van der Waals surface area contributed by atoms with Crippen LogP contribution in [0.3, 0.4) is 0 Å². The summed E-state index contributed by atoms with van der Waals surface area (Å²) in [7, 11) is -21.8. The molecule has 1 atom stereocenters. The molecule has 1 unspecified atom stereocenters. The summed E-state index contributed by atoms with van der Waals surface area (Å²) in [5.41, 5.74) is 23.5. The van der Waals surface area contributed by atoms with Crippen LogP contribution in [-0.2, 0) is 33.9 Å². The highest BCUT2D eigenvalue weighted by Crippen LogP contribution is 2.45. The van der Waals surface area contributed by atoms with Gasteiger partial charge in [-0.05, 0) is 25.9 Å². The van der Waals surface area contributed by atoms with Crippen LogP contribution in [0.5, 0.6) is 0 Å². The van der Waals surface area contributed by atoms with E-state index in [0.717, 1.165) is 0 Å². The molecule has 0 heterocycles. The Morgan fingerprint density at radius 3 is 1.14 bits per heavy atom. The summed E-state index contributed by atoms with van der Waals surface area (Å²) in [4.78, 5) is 48.5. The summed E-state index contributed by atoms with van der Waals surface area (Å²) >= 11 is 0. The number of rotatable bonds is 12. The minimum atomic E-state index is -5.28. The van der Waals surface area contributed by atoms with Crippen molar-refractivity contribution >= 4 is 43.0 Å². The molecule has 0 bridgehead atoms. The molecule has 0 aliphatic carbocycles. The van der Waals surface area contributed by atoms with Gasteiger partial charge in [-0.1, -0.05) is 0 Å². The molecule has 0 fully saturated rings. The zero-order valence-corrected chi connectivity index (χ0v) is 26.3. The predicted molar refractivity (Wildman–Crippen MR) is 143 cm³/mol. The van der Waals surface area contributed by atoms with Crippen molar-refractivity contribution in [2.24, 2.45) is 28.7 Å². The van der Waals surface area contributed by atoms with E-state index >= 15 is 0 Å². The molecule has 0 saturated heterocycles. The van der Waals surface area contributed by atoms with Gasteiger partial charge in [0.05, 0.1) is 11.9 Å². The van der Waals surface area contributed by atoms with Crippen LogP contribution in [-0.4, -0.2) is 117 Å². The fraction of sp³-hybridized carbons (Fsp3) is 1.00. The number of hydrogen-bond donors (Lipinski definition) is 13. The molecule has 43 heavy (non-hydrogen) atoms. The van der Waals surface area contributed by atoms with Gasteiger partial charge in [0.25, 0.3) is 10.1 Å². The fourth-order valence-corrected chi connectivity index (χ4v) is 3.29. The van der Waals surface area contributed by atoms with Crippen molar-refractivity contribution in [1.82, 2.24) is 0 Å². The fourth-order valence-electron chi connectivity index (χ4n) is 1.27. The Hall–Kier alpha value is -0.280. The van der Waals surface area contributed by atoms with E-state index in [1.807, 2.05) is 0 Å². The van der Waals surface area contributed by atoms with E-state index in [-0.39, 0.29) is 31.2 Å². The molecule has 0 spiro atoms. The van der Waals surface area contributed by atoms with Crippen LogP contribution in [0.2, 0.25) is 0 Å². The van der Waals surface area contributed by atoms with E-state index in [4.69, 9.17) is 55.7 Å². The quantitative estimate of drug-likeness (QED) is 0.0430. The van der Waals surface area contributed by atoms with Crippen molar-refractivity contribution < 1.29 is 90.9 Å². The highest BCUT2D eigenvalue weighted by atomic mass is 32.2. The number of hydrogen-bond acceptors (Lipinski definition) is 12. The molecular formula is C13H39F5N5O15P3S2. The van der Waals surface area contributed by atoms with Gasteiger partial charge in [-0.3, -0.25) is 22.8 Å². The van der Waals surface area contributed by atoms with Gasteiger partial charge in [0.1, 0.15) is 0 Å². The molecule has 268 valence electrons. The molecule has 0 aromatic rings. The standard InChI is InChI=1S/C4H12NO3P.C3H7F2NO3S.C2H5F3NO3P.C2H8NO3P.C2H7NO3S/c5-3-1-2-4-9(6,7)8;4-3(5,1-2-6)10(7,8)9;3-2(4,5)1(6)10(7,8)9;2*3-1-2-7(4,5)6/h1-5H2,(H2,6,7,8);1-2,6H2,(H,7,8,9);1H,6H2,(H2,7,8,9);1-3H2,(H2,4,5,6);1-3H2,(H,4,5,6). The lowest BCUT2D eigenvalue weighted by molar-refractivity contribution is -0.132. The first-order valence-corrected chi connectivity index (χ1v) is 19.0. The van der Waals surface area contributed by atoms with Crippen molar-refractivity contribution in [3.63, 3.8) is 0 Å². The molecule has 0 amide bonds. The summed E-state index contributed by atoms with van der Waals surface area (Å²) in [5, 5.41) is -4.11. The van der Waals surface area contributed by atoms with E-state index in [2.05, 4.69) is 11.5 Å². The molecule has 30 heteroatoms. The zero-order chi connectivity index (χ0) is 36.1. The number of unbranched alkanes of at least 4 members (excludes halogenated alkanes) is 1. The van der Waals surface area contributed by atoms with Gasteiger partial charge in [-0.15, -0.1) is 0 Å². The summed E-state index contributed by atoms with van der Waals surface area (Å²) in [6, 6.07) is 0. The van der Waals surface area contributed by atoms with Crippen LogP contribution in [0.25, 0.3) is 0 Å². The first-order chi connectivity index (χ1) is 18.6. The predicted octanol–water partition coefficient (Wildman–Crippen LogP) is -2.31. The van der Waals surface area contributed by atoms with Crippen molar-refractivity contribution in [3.05, 3.63) is 0 Å². The second kappa shape index (κ2) is 23.1. The largest absolute Gasteiger partial charge is 0.415 e. The Labute approximate surface area is 243 Å². The highest BCUT2D eigenvalue weighted by molar-refractivity contribution is 7.86. The Kier molecular flexibility index (Phi) is 28.1. The lowest BCUT2D eigenvalue weighted by Gasteiger charge is -2.15. The molecule has 0 aliphatic rings. The molecule has 0 aliphatic heterocycles. The first-order valence-electron chi connectivity index (χ1n) is 10.7. The molecule has 0 aromatic heterocycles. The van der Waals surface area contributed by atoms with Gasteiger partial charge in [0.15, 0.2) is 0 Å². The zero-order valence-electron chi connectivity index (χ0n) is 22.0. The van der Waals surface area contributed by atoms with Gasteiger partial charge >= 0.3 is 44.3 Å². The second-order valence-corrected chi connectivity index (χ2v) is 15.8. The monoisotopic (exact) mass is 757 g/mol. The van der Waals surface area contributed by atoms with Gasteiger partial charge in [0, 0.05) is 25.7 Å². The van der Waals surface area contributed by atoms with E-state index in [0.29, 0.717) is 19.4 Å². The second-order valence-electron chi connectivity index (χ2n) is 7.36. The van der Waals surface area contributed by atoms with Crippen molar-refractivity contribution in [3.8, 4) is 0 Å². The molecule has 18 N–H and O–H groups in total. The third kappa shape index (κ3) is 43.9. The average Bonchev–Trinajstić information content (AvgIpc) is 2.70. The molecule has 20 nitrogen and oxygen atoms in total. The molecule has 0 saturated carbocycles. The maximum atomic E-state index is 12.0. The van der Waals surface area contributed by atoms with Crippen molar-refractivity contribution in [2.45, 2.75) is 36.5 Å². The van der Waals surface area contributed by atoms with Gasteiger partial charge in [0.2, 0.25) is 5.78 Å². The summed E-state index contributed by atoms with van der Waals surface area (Å²) < 4.78 is 143. The highest BCUT2D eigenvalue weighted by Gasteiger charge is 2.48. The third-order valence-electron chi connectivity index (χ3n) is 3.21. The van der Waals surface area contributed by atoms with Gasteiger partial charge in [-0.25, -0.2) is 0 Å². The van der Waals surface area contributed by atoms with Gasteiger partial charge < -0.3 is 58.0 Å². The smallest absolute Gasteiger partial charge is 0.330 e. The normalized spacial score (nSPS) is 13.4. The van der Waals surface area contributed by atoms with Crippen LogP contribution < -0.4 is 28.7 Å². The lowest BCUT2D eigenvalue weighted by Crippen LogP contribution is -2.36. The van der Waals surface area contributed by atoms with E-state index in [1.165, 1.54) is 0 Å². The topological polar surface area (TPSA) is 411 Å². The summed E-state index contributed by atoms with van der Waals surface area (Å²) in [6.45, 7) is 0.0237. The summed E-state index contributed by atoms with van der Waals surface area (Å²) in [6.07, 6.45) is -5.16. The van der Waals surface area contributed by atoms with Crippen molar-refractivity contribution in [1.29, 1.82) is 0 Å². The Morgan fingerprint density at radius 2 is 1.05 bits per heavy atom. The third-order valence-corrected chi connectivity index (χ3v) is 7.68. The maximum absolute atomic E-state index is 12.0. The Morgan fingerprint density at radius 1 is 0.651 bits per heavy atom. The maximum Gasteiger partial charge on any atom is 0.415 e. The van der Waals surface area contributed by atoms with Crippen LogP contribution in [0, 0.1) is 0 Å². The SMILES string of the molecule is NC(C(F)(F)F)P(=O)(O)O.NCCC(F)(F)S(=O)(=O)O.NCCCCP(=O)(O)O.NCCP(=O)(O)O.NCCS(=O)(=O)O. The summed E-state index contributed by atoms with van der Waals surface area (Å²) in [5.74, 6) is -3.42. The van der Waals surface area contributed by atoms with Crippen LogP contribution in [0.15, 0.2) is 0 Å². The number of nitrogens with two attached hydrogens (primary N) is 5. The average molecular weight is 758 g/mol. The van der Waals surface area contributed by atoms with E-state index in [1.54, 1.807) is 0 Å². The Bertz CT molecular complexity index is 1080. The number of alkyl halides is 5. The molecule has 0 radical (unpaired) electrons. The van der Waals surface area contributed by atoms with Crippen LogP contribution in [0.4, 0.5) is 22.0 Å². The van der Waals surface area contributed by atoms with E-state index < -0.39 is 73.2 Å². The molecule has 0 rings (SSSR count). The first kappa shape index (κ1) is 52.3. The molecular weight excluding hydrogens is 718 g/mol. The van der Waals surface area contributed by atoms with Gasteiger partial charge in [-0.2, -0.15) is 38.8 Å². The molecule has 0 aromatic carbocycles. The Balaban J connectivity index is -0.000000141. The van der Waals surface area contributed by atoms with Crippen LogP contribution in [0.1, 0.15) is 19.3 Å².